The first-order chi connectivity index (χ1) is 5.75. The van der Waals surface area contributed by atoms with Gasteiger partial charge in [-0.15, -0.1) is 0 Å². The molecule has 4 nitrogen and oxygen atoms in total. The predicted molar refractivity (Wildman–Crippen MR) is 43.6 cm³/mol. The molecule has 3 atom stereocenters. The van der Waals surface area contributed by atoms with E-state index >= 15 is 0 Å². The Bertz CT molecular complexity index is 195. The van der Waals surface area contributed by atoms with Crippen molar-refractivity contribution in [3.05, 3.63) is 0 Å². The van der Waals surface area contributed by atoms with E-state index in [-0.39, 0.29) is 6.09 Å². The molecule has 1 heterocycles. The summed E-state index contributed by atoms with van der Waals surface area (Å²) in [5.74, 6) is 0.437. The van der Waals surface area contributed by atoms with Gasteiger partial charge < -0.3 is 15.8 Å². The number of cyclic esters (lactones) is 1. The van der Waals surface area contributed by atoms with Crippen LogP contribution in [-0.2, 0) is 4.74 Å². The van der Waals surface area contributed by atoms with Gasteiger partial charge in [0.05, 0.1) is 6.61 Å². The molecule has 0 bridgehead atoms. The molecule has 68 valence electrons. The minimum Gasteiger partial charge on any atom is -0.449 e. The van der Waals surface area contributed by atoms with Crippen LogP contribution in [0.4, 0.5) is 4.79 Å². The van der Waals surface area contributed by atoms with Crippen LogP contribution in [0, 0.1) is 5.92 Å². The van der Waals surface area contributed by atoms with E-state index in [9.17, 15) is 4.79 Å². The predicted octanol–water partition coefficient (Wildman–Crippen LogP) is 0.222. The van der Waals surface area contributed by atoms with E-state index in [1.165, 1.54) is 0 Å². The number of nitrogens with two attached hydrogens (primary N) is 1. The number of carbonyl (C=O) groups is 1. The molecule has 1 saturated carbocycles. The number of alkyl carbamates (subject to hydrolysis) is 1. The maximum atomic E-state index is 10.8. The maximum absolute atomic E-state index is 10.8. The van der Waals surface area contributed by atoms with E-state index in [0.29, 0.717) is 24.6 Å². The van der Waals surface area contributed by atoms with Gasteiger partial charge in [-0.1, -0.05) is 0 Å². The molecule has 1 aliphatic carbocycles. The summed E-state index contributed by atoms with van der Waals surface area (Å²) >= 11 is 0. The van der Waals surface area contributed by atoms with Gasteiger partial charge in [-0.05, 0) is 19.3 Å². The average Bonchev–Trinajstić information content (AvgIpc) is 2.05. The smallest absolute Gasteiger partial charge is 0.407 e. The van der Waals surface area contributed by atoms with E-state index in [2.05, 4.69) is 5.32 Å². The molecular formula is C8H14N2O2. The van der Waals surface area contributed by atoms with E-state index in [4.69, 9.17) is 10.5 Å². The number of rotatable bonds is 0. The van der Waals surface area contributed by atoms with Gasteiger partial charge in [0.1, 0.15) is 0 Å². The molecule has 2 aliphatic rings. The van der Waals surface area contributed by atoms with Gasteiger partial charge in [0.2, 0.25) is 0 Å². The fourth-order valence-electron chi connectivity index (χ4n) is 2.05. The van der Waals surface area contributed by atoms with Crippen LogP contribution in [-0.4, -0.2) is 24.8 Å². The van der Waals surface area contributed by atoms with E-state index in [1.807, 2.05) is 0 Å². The molecule has 1 aliphatic heterocycles. The molecule has 0 spiro atoms. The zero-order valence-corrected chi connectivity index (χ0v) is 6.95. The Morgan fingerprint density at radius 1 is 1.50 bits per heavy atom. The molecule has 2 fully saturated rings. The van der Waals surface area contributed by atoms with Gasteiger partial charge in [0.15, 0.2) is 0 Å². The van der Waals surface area contributed by atoms with Crippen LogP contribution in [0.25, 0.3) is 0 Å². The van der Waals surface area contributed by atoms with Crippen molar-refractivity contribution in [3.63, 3.8) is 0 Å². The summed E-state index contributed by atoms with van der Waals surface area (Å²) in [7, 11) is 0. The second kappa shape index (κ2) is 2.94. The lowest BCUT2D eigenvalue weighted by Gasteiger charge is -2.37. The number of amides is 1. The molecule has 3 unspecified atom stereocenters. The van der Waals surface area contributed by atoms with Crippen molar-refractivity contribution >= 4 is 6.09 Å². The summed E-state index contributed by atoms with van der Waals surface area (Å²) in [5.41, 5.74) is 5.81. The van der Waals surface area contributed by atoms with Crippen LogP contribution >= 0.6 is 0 Å². The van der Waals surface area contributed by atoms with E-state index < -0.39 is 0 Å². The zero-order chi connectivity index (χ0) is 8.55. The minimum absolute atomic E-state index is 0.272. The minimum atomic E-state index is -0.272. The van der Waals surface area contributed by atoms with Crippen LogP contribution < -0.4 is 11.1 Å². The molecule has 0 aromatic carbocycles. The first-order valence-corrected chi connectivity index (χ1v) is 4.44. The van der Waals surface area contributed by atoms with Gasteiger partial charge in [-0.2, -0.15) is 0 Å². The van der Waals surface area contributed by atoms with Gasteiger partial charge in [0, 0.05) is 18.0 Å². The molecule has 0 aromatic heterocycles. The maximum Gasteiger partial charge on any atom is 0.407 e. The molecule has 1 amide bonds. The Hall–Kier alpha value is -0.770. The molecule has 1 saturated heterocycles. The Labute approximate surface area is 71.4 Å². The van der Waals surface area contributed by atoms with E-state index in [0.717, 1.165) is 19.3 Å². The summed E-state index contributed by atoms with van der Waals surface area (Å²) in [4.78, 5) is 10.8. The highest BCUT2D eigenvalue weighted by atomic mass is 16.6. The Morgan fingerprint density at radius 2 is 2.33 bits per heavy atom. The average molecular weight is 170 g/mol. The van der Waals surface area contributed by atoms with Crippen molar-refractivity contribution in [2.24, 2.45) is 11.7 Å². The quantitative estimate of drug-likeness (QED) is 0.546. The van der Waals surface area contributed by atoms with Crippen LogP contribution in [0.15, 0.2) is 0 Å². The lowest BCUT2D eigenvalue weighted by atomic mass is 9.82. The Kier molecular flexibility index (Phi) is 1.92. The summed E-state index contributed by atoms with van der Waals surface area (Å²) in [6.07, 6.45) is 2.72. The summed E-state index contributed by atoms with van der Waals surface area (Å²) < 4.78 is 4.89. The largest absolute Gasteiger partial charge is 0.449 e. The fraction of sp³-hybridized carbons (Fsp3) is 0.875. The fourth-order valence-corrected chi connectivity index (χ4v) is 2.05. The third-order valence-electron chi connectivity index (χ3n) is 2.75. The second-order valence-corrected chi connectivity index (χ2v) is 3.68. The van der Waals surface area contributed by atoms with Crippen LogP contribution in [0.3, 0.4) is 0 Å². The molecule has 4 heteroatoms. The van der Waals surface area contributed by atoms with Crippen LogP contribution in [0.1, 0.15) is 19.3 Å². The van der Waals surface area contributed by atoms with Crippen molar-refractivity contribution in [3.8, 4) is 0 Å². The Morgan fingerprint density at radius 3 is 3.17 bits per heavy atom. The third kappa shape index (κ3) is 1.39. The van der Waals surface area contributed by atoms with Gasteiger partial charge >= 0.3 is 6.09 Å². The van der Waals surface area contributed by atoms with Crippen molar-refractivity contribution in [1.82, 2.24) is 5.32 Å². The molecule has 0 radical (unpaired) electrons. The number of ether oxygens (including phenoxy) is 1. The highest BCUT2D eigenvalue weighted by Crippen LogP contribution is 2.26. The van der Waals surface area contributed by atoms with Crippen molar-refractivity contribution in [2.45, 2.75) is 31.3 Å². The zero-order valence-electron chi connectivity index (χ0n) is 6.95. The van der Waals surface area contributed by atoms with Gasteiger partial charge in [-0.25, -0.2) is 4.79 Å². The normalized spacial score (nSPS) is 41.1. The highest BCUT2D eigenvalue weighted by Gasteiger charge is 2.34. The summed E-state index contributed by atoms with van der Waals surface area (Å²) in [6.45, 7) is 0.546. The highest BCUT2D eigenvalue weighted by molar-refractivity contribution is 5.68. The number of hydrogen-bond donors (Lipinski definition) is 2. The van der Waals surface area contributed by atoms with Crippen molar-refractivity contribution in [2.75, 3.05) is 6.61 Å². The number of nitrogens with one attached hydrogen (secondary N) is 1. The number of hydrogen-bond acceptors (Lipinski definition) is 3. The first kappa shape index (κ1) is 7.86. The van der Waals surface area contributed by atoms with Crippen molar-refractivity contribution in [1.29, 1.82) is 0 Å². The van der Waals surface area contributed by atoms with Gasteiger partial charge in [0.25, 0.3) is 0 Å². The van der Waals surface area contributed by atoms with E-state index in [1.54, 1.807) is 0 Å². The van der Waals surface area contributed by atoms with Crippen LogP contribution in [0.2, 0.25) is 0 Å². The SMILES string of the molecule is NC1CCC2NC(=O)OCC2C1. The lowest BCUT2D eigenvalue weighted by molar-refractivity contribution is 0.0608. The summed E-state index contributed by atoms with van der Waals surface area (Å²) in [6, 6.07) is 0.607. The first-order valence-electron chi connectivity index (χ1n) is 4.44. The second-order valence-electron chi connectivity index (χ2n) is 3.68. The molecule has 2 rings (SSSR count). The van der Waals surface area contributed by atoms with Gasteiger partial charge in [-0.3, -0.25) is 0 Å². The lowest BCUT2D eigenvalue weighted by Crippen LogP contribution is -2.52. The summed E-state index contributed by atoms with van der Waals surface area (Å²) in [5, 5.41) is 2.82. The topological polar surface area (TPSA) is 64.3 Å². The standard InChI is InChI=1S/C8H14N2O2/c9-6-1-2-7-5(3-6)4-12-8(11)10-7/h5-7H,1-4,9H2,(H,10,11). The Balaban J connectivity index is 1.98. The van der Waals surface area contributed by atoms with Crippen LogP contribution in [0.5, 0.6) is 0 Å². The number of fused-ring (bicyclic) bond motifs is 1. The molecule has 3 N–H and O–H groups in total. The number of carbonyl (C=O) groups excluding carboxylic acids is 1. The molecular weight excluding hydrogens is 156 g/mol. The monoisotopic (exact) mass is 170 g/mol. The third-order valence-corrected chi connectivity index (χ3v) is 2.75. The van der Waals surface area contributed by atoms with Crippen molar-refractivity contribution < 1.29 is 9.53 Å². The molecule has 0 aromatic rings. The molecule has 12 heavy (non-hydrogen) atoms.